The number of benzene rings is 1. The average molecular weight is 297 g/mol. The highest BCUT2D eigenvalue weighted by Crippen LogP contribution is 2.27. The minimum absolute atomic E-state index is 0.118. The molecule has 0 aromatic heterocycles. The Balaban J connectivity index is 2.39. The van der Waals surface area contributed by atoms with E-state index in [9.17, 15) is 18.3 Å². The number of hydrogen-bond donors (Lipinski definition) is 3. The van der Waals surface area contributed by atoms with Crippen molar-refractivity contribution in [1.82, 2.24) is 10.1 Å². The molecule has 1 aromatic carbocycles. The summed E-state index contributed by atoms with van der Waals surface area (Å²) in [6.45, 7) is 1.20. The van der Waals surface area contributed by atoms with Crippen molar-refractivity contribution >= 4 is 21.6 Å². The second-order valence-electron chi connectivity index (χ2n) is 4.62. The Kier molecular flexibility index (Phi) is 3.63. The number of nitrogens with one attached hydrogen (secondary N) is 2. The van der Waals surface area contributed by atoms with Crippen LogP contribution in [0.15, 0.2) is 34.3 Å². The van der Waals surface area contributed by atoms with Gasteiger partial charge in [0.25, 0.3) is 5.91 Å². The molecular weight excluding hydrogens is 282 g/mol. The summed E-state index contributed by atoms with van der Waals surface area (Å²) in [6, 6.07) is 5.95. The number of aliphatic hydroxyl groups excluding tert-OH is 1. The van der Waals surface area contributed by atoms with Crippen molar-refractivity contribution < 1.29 is 18.3 Å². The summed E-state index contributed by atoms with van der Waals surface area (Å²) in [6.07, 6.45) is 0. The van der Waals surface area contributed by atoms with E-state index in [1.54, 1.807) is 19.1 Å². The number of rotatable bonds is 4. The lowest BCUT2D eigenvalue weighted by Gasteiger charge is -2.20. The van der Waals surface area contributed by atoms with E-state index in [0.717, 1.165) is 0 Å². The summed E-state index contributed by atoms with van der Waals surface area (Å²) in [5.74, 6) is -0.387. The van der Waals surface area contributed by atoms with E-state index in [2.05, 4.69) is 15.2 Å². The third-order valence-electron chi connectivity index (χ3n) is 3.32. The zero-order valence-electron chi connectivity index (χ0n) is 11.0. The fourth-order valence-electron chi connectivity index (χ4n) is 1.90. The number of carbonyl (C=O) groups is 1. The molecule has 0 aliphatic carbocycles. The molecule has 2 rings (SSSR count). The van der Waals surface area contributed by atoms with Crippen LogP contribution in [0.25, 0.3) is 0 Å². The van der Waals surface area contributed by atoms with Gasteiger partial charge in [0.05, 0.1) is 17.2 Å². The first-order valence-corrected chi connectivity index (χ1v) is 7.37. The quantitative estimate of drug-likeness (QED) is 0.691. The Morgan fingerprint density at radius 2 is 1.95 bits per heavy atom. The predicted octanol–water partition coefficient (Wildman–Crippen LogP) is -0.573. The second-order valence-corrected chi connectivity index (χ2v) is 6.51. The molecule has 7 nitrogen and oxygen atoms in total. The first-order chi connectivity index (χ1) is 9.35. The van der Waals surface area contributed by atoms with Crippen LogP contribution in [0.2, 0.25) is 0 Å². The summed E-state index contributed by atoms with van der Waals surface area (Å²) < 4.78 is 25.5. The van der Waals surface area contributed by atoms with E-state index in [1.807, 2.05) is 0 Å². The van der Waals surface area contributed by atoms with Crippen LogP contribution in [0.3, 0.4) is 0 Å². The van der Waals surface area contributed by atoms with Gasteiger partial charge in [0.15, 0.2) is 0 Å². The summed E-state index contributed by atoms with van der Waals surface area (Å²) in [5, 5.41) is 13.3. The van der Waals surface area contributed by atoms with E-state index < -0.39 is 15.4 Å². The minimum Gasteiger partial charge on any atom is -0.395 e. The molecule has 1 heterocycles. The van der Waals surface area contributed by atoms with Crippen molar-refractivity contribution in [3.63, 3.8) is 0 Å². The van der Waals surface area contributed by atoms with Crippen molar-refractivity contribution in [3.05, 3.63) is 29.8 Å². The Morgan fingerprint density at radius 1 is 1.35 bits per heavy atom. The third-order valence-corrected chi connectivity index (χ3v) is 4.75. The molecule has 8 heteroatoms. The molecular formula is C12H15N3O4S. The third kappa shape index (κ3) is 2.21. The zero-order chi connectivity index (χ0) is 15.0. The number of nitrogens with zero attached hydrogens (tertiary/aromatic N) is 1. The lowest BCUT2D eigenvalue weighted by atomic mass is 9.82. The molecule has 3 N–H and O–H groups in total. The maximum absolute atomic E-state index is 11.7. The molecule has 1 aliphatic rings. The number of hydrazone groups is 1. The Bertz CT molecular complexity index is 666. The van der Waals surface area contributed by atoms with Gasteiger partial charge in [-0.1, -0.05) is 12.1 Å². The van der Waals surface area contributed by atoms with Gasteiger partial charge in [-0.2, -0.15) is 5.10 Å². The van der Waals surface area contributed by atoms with Crippen molar-refractivity contribution in [1.29, 1.82) is 0 Å². The summed E-state index contributed by atoms with van der Waals surface area (Å²) in [7, 11) is -2.18. The monoisotopic (exact) mass is 297 g/mol. The van der Waals surface area contributed by atoms with Crippen molar-refractivity contribution in [2.45, 2.75) is 11.8 Å². The molecule has 1 aliphatic heterocycles. The molecule has 1 atom stereocenters. The molecule has 20 heavy (non-hydrogen) atoms. The summed E-state index contributed by atoms with van der Waals surface area (Å²) in [4.78, 5) is 11.8. The molecule has 0 radical (unpaired) electrons. The van der Waals surface area contributed by atoms with Gasteiger partial charge in [-0.05, 0) is 31.7 Å². The second kappa shape index (κ2) is 4.97. The maximum Gasteiger partial charge on any atom is 0.254 e. The molecule has 108 valence electrons. The number of aliphatic hydroxyl groups is 1. The molecule has 0 saturated heterocycles. The van der Waals surface area contributed by atoms with Gasteiger partial charge in [0, 0.05) is 0 Å². The van der Waals surface area contributed by atoms with Crippen molar-refractivity contribution in [2.75, 3.05) is 13.7 Å². The number of hydrogen-bond acceptors (Lipinski definition) is 5. The standard InChI is InChI=1S/C12H15N3O4S/c1-12(7-16)10(14-15-11(12)17)8-3-5-9(6-4-8)20(18,19)13-2/h3-6,13,16H,7H2,1-2H3,(H,15,17). The van der Waals surface area contributed by atoms with E-state index >= 15 is 0 Å². The van der Waals surface area contributed by atoms with E-state index in [-0.39, 0.29) is 17.4 Å². The highest BCUT2D eigenvalue weighted by molar-refractivity contribution is 7.89. The van der Waals surface area contributed by atoms with Gasteiger partial charge in [0.1, 0.15) is 5.41 Å². The van der Waals surface area contributed by atoms with Crippen LogP contribution in [0, 0.1) is 5.41 Å². The summed E-state index contributed by atoms with van der Waals surface area (Å²) in [5.41, 5.74) is 2.17. The highest BCUT2D eigenvalue weighted by Gasteiger charge is 2.43. The molecule has 1 amide bonds. The van der Waals surface area contributed by atoms with Crippen molar-refractivity contribution in [3.8, 4) is 0 Å². The van der Waals surface area contributed by atoms with Crippen LogP contribution < -0.4 is 10.1 Å². The number of carbonyl (C=O) groups excluding carboxylic acids is 1. The lowest BCUT2D eigenvalue weighted by molar-refractivity contribution is -0.127. The lowest BCUT2D eigenvalue weighted by Crippen LogP contribution is -2.39. The van der Waals surface area contributed by atoms with E-state index in [4.69, 9.17) is 0 Å². The van der Waals surface area contributed by atoms with Crippen LogP contribution >= 0.6 is 0 Å². The molecule has 0 saturated carbocycles. The molecule has 0 spiro atoms. The van der Waals surface area contributed by atoms with Crippen LogP contribution in [0.4, 0.5) is 0 Å². The fraction of sp³-hybridized carbons (Fsp3) is 0.333. The number of amides is 1. The number of sulfonamides is 1. The summed E-state index contributed by atoms with van der Waals surface area (Å²) >= 11 is 0. The largest absolute Gasteiger partial charge is 0.395 e. The Labute approximate surface area is 116 Å². The Morgan fingerprint density at radius 3 is 2.45 bits per heavy atom. The van der Waals surface area contributed by atoms with Crippen LogP contribution in [-0.2, 0) is 14.8 Å². The van der Waals surface area contributed by atoms with Crippen LogP contribution in [0.5, 0.6) is 0 Å². The topological polar surface area (TPSA) is 108 Å². The van der Waals surface area contributed by atoms with E-state index in [0.29, 0.717) is 11.3 Å². The van der Waals surface area contributed by atoms with Gasteiger partial charge < -0.3 is 5.11 Å². The van der Waals surface area contributed by atoms with E-state index in [1.165, 1.54) is 19.2 Å². The molecule has 0 fully saturated rings. The van der Waals surface area contributed by atoms with Crippen LogP contribution in [0.1, 0.15) is 12.5 Å². The predicted molar refractivity (Wildman–Crippen MR) is 72.6 cm³/mol. The van der Waals surface area contributed by atoms with Gasteiger partial charge in [0.2, 0.25) is 10.0 Å². The molecule has 1 aromatic rings. The maximum atomic E-state index is 11.7. The molecule has 0 bridgehead atoms. The first-order valence-electron chi connectivity index (χ1n) is 5.88. The van der Waals surface area contributed by atoms with Gasteiger partial charge >= 0.3 is 0 Å². The van der Waals surface area contributed by atoms with Crippen LogP contribution in [-0.4, -0.2) is 38.8 Å². The fourth-order valence-corrected chi connectivity index (χ4v) is 2.63. The first kappa shape index (κ1) is 14.6. The Hall–Kier alpha value is -1.77. The van der Waals surface area contributed by atoms with Gasteiger partial charge in [-0.15, -0.1) is 0 Å². The van der Waals surface area contributed by atoms with Gasteiger partial charge in [-0.25, -0.2) is 18.6 Å². The zero-order valence-corrected chi connectivity index (χ0v) is 11.9. The van der Waals surface area contributed by atoms with Gasteiger partial charge in [-0.3, -0.25) is 4.79 Å². The smallest absolute Gasteiger partial charge is 0.254 e. The SMILES string of the molecule is CNS(=O)(=O)c1ccc(C2=NNC(=O)C2(C)CO)cc1. The normalized spacial score (nSPS) is 22.6. The molecule has 1 unspecified atom stereocenters. The highest BCUT2D eigenvalue weighted by atomic mass is 32.2. The average Bonchev–Trinajstić information content (AvgIpc) is 2.76. The minimum atomic E-state index is -3.51. The van der Waals surface area contributed by atoms with Crippen molar-refractivity contribution in [2.24, 2.45) is 10.5 Å².